The summed E-state index contributed by atoms with van der Waals surface area (Å²) in [6.45, 7) is 4.87. The molecule has 0 spiro atoms. The van der Waals surface area contributed by atoms with E-state index in [0.29, 0.717) is 18.9 Å². The lowest BCUT2D eigenvalue weighted by Gasteiger charge is -2.35. The molecule has 28 heavy (non-hydrogen) atoms. The summed E-state index contributed by atoms with van der Waals surface area (Å²) in [5, 5.41) is 4.11. The summed E-state index contributed by atoms with van der Waals surface area (Å²) < 4.78 is 1.60. The highest BCUT2D eigenvalue weighted by Crippen LogP contribution is 2.24. The van der Waals surface area contributed by atoms with E-state index < -0.39 is 0 Å². The Balaban J connectivity index is 1.44. The number of amides is 1. The fraction of sp³-hybridized carbons (Fsp3) is 0.316. The predicted octanol–water partition coefficient (Wildman–Crippen LogP) is 2.13. The molecule has 1 amide bonds. The Morgan fingerprint density at radius 2 is 1.86 bits per heavy atom. The lowest BCUT2D eigenvalue weighted by atomic mass is 10.2. The molecule has 0 aliphatic carbocycles. The summed E-state index contributed by atoms with van der Waals surface area (Å²) in [5.41, 5.74) is 0.790. The van der Waals surface area contributed by atoms with Gasteiger partial charge in [-0.1, -0.05) is 19.1 Å². The van der Waals surface area contributed by atoms with Crippen molar-refractivity contribution >= 4 is 23.5 Å². The molecule has 144 valence electrons. The number of benzene rings is 1. The molecule has 0 bridgehead atoms. The molecule has 0 atom stereocenters. The van der Waals surface area contributed by atoms with Crippen molar-refractivity contribution in [3.8, 4) is 5.82 Å². The lowest BCUT2D eigenvalue weighted by Crippen LogP contribution is -2.49. The van der Waals surface area contributed by atoms with Crippen molar-refractivity contribution in [2.24, 2.45) is 0 Å². The van der Waals surface area contributed by atoms with Crippen LogP contribution in [0.4, 0.5) is 5.82 Å². The second-order valence-corrected chi connectivity index (χ2v) is 7.59. The van der Waals surface area contributed by atoms with Gasteiger partial charge in [0.2, 0.25) is 0 Å². The number of anilines is 1. The number of hydrogen-bond donors (Lipinski definition) is 0. The van der Waals surface area contributed by atoms with E-state index in [-0.39, 0.29) is 5.91 Å². The van der Waals surface area contributed by atoms with Crippen molar-refractivity contribution in [3.63, 3.8) is 0 Å². The Labute approximate surface area is 167 Å². The first kappa shape index (κ1) is 18.4. The molecule has 0 N–H and O–H groups in total. The van der Waals surface area contributed by atoms with E-state index in [1.165, 1.54) is 12.7 Å². The van der Waals surface area contributed by atoms with E-state index in [0.717, 1.165) is 35.1 Å². The summed E-state index contributed by atoms with van der Waals surface area (Å²) in [6, 6.07) is 9.73. The van der Waals surface area contributed by atoms with Crippen LogP contribution in [0.2, 0.25) is 0 Å². The van der Waals surface area contributed by atoms with Crippen molar-refractivity contribution in [1.82, 2.24) is 29.6 Å². The first-order chi connectivity index (χ1) is 13.8. The first-order valence-electron chi connectivity index (χ1n) is 9.19. The quantitative estimate of drug-likeness (QED) is 0.612. The van der Waals surface area contributed by atoms with Gasteiger partial charge in [0.15, 0.2) is 5.82 Å². The van der Waals surface area contributed by atoms with Gasteiger partial charge in [-0.25, -0.2) is 19.6 Å². The summed E-state index contributed by atoms with van der Waals surface area (Å²) in [4.78, 5) is 30.7. The van der Waals surface area contributed by atoms with Crippen molar-refractivity contribution in [2.75, 3.05) is 36.8 Å². The number of thioether (sulfide) groups is 1. The van der Waals surface area contributed by atoms with Crippen LogP contribution in [0.1, 0.15) is 17.3 Å². The van der Waals surface area contributed by atoms with E-state index in [2.05, 4.69) is 31.9 Å². The topological polar surface area (TPSA) is 80.0 Å². The summed E-state index contributed by atoms with van der Waals surface area (Å²) in [7, 11) is 0. The number of hydrogen-bond acceptors (Lipinski definition) is 7. The third kappa shape index (κ3) is 3.84. The zero-order chi connectivity index (χ0) is 19.3. The van der Waals surface area contributed by atoms with Crippen molar-refractivity contribution in [2.45, 2.75) is 11.8 Å². The molecular weight excluding hydrogens is 374 g/mol. The maximum Gasteiger partial charge on any atom is 0.255 e. The zero-order valence-corrected chi connectivity index (χ0v) is 16.4. The van der Waals surface area contributed by atoms with Crippen molar-refractivity contribution in [3.05, 3.63) is 54.9 Å². The van der Waals surface area contributed by atoms with Crippen molar-refractivity contribution < 1.29 is 4.79 Å². The Morgan fingerprint density at radius 1 is 1.07 bits per heavy atom. The second-order valence-electron chi connectivity index (χ2n) is 6.28. The molecule has 1 aliphatic heterocycles. The van der Waals surface area contributed by atoms with Gasteiger partial charge in [-0.15, -0.1) is 11.8 Å². The van der Waals surface area contributed by atoms with Crippen LogP contribution in [0, 0.1) is 0 Å². The van der Waals surface area contributed by atoms with Gasteiger partial charge in [0.1, 0.15) is 24.8 Å². The Kier molecular flexibility index (Phi) is 5.52. The summed E-state index contributed by atoms with van der Waals surface area (Å²) in [6.07, 6.45) is 4.61. The largest absolute Gasteiger partial charge is 0.353 e. The molecule has 2 aromatic heterocycles. The first-order valence-corrected chi connectivity index (χ1v) is 10.2. The van der Waals surface area contributed by atoms with Crippen LogP contribution in [0.15, 0.2) is 54.2 Å². The normalized spacial score (nSPS) is 14.3. The smallest absolute Gasteiger partial charge is 0.255 e. The Hall–Kier alpha value is -2.94. The molecule has 1 aliphatic rings. The molecule has 0 radical (unpaired) electrons. The van der Waals surface area contributed by atoms with Crippen LogP contribution >= 0.6 is 11.8 Å². The third-order valence-corrected chi connectivity index (χ3v) is 5.56. The number of piperazine rings is 1. The van der Waals surface area contributed by atoms with Crippen molar-refractivity contribution in [1.29, 1.82) is 0 Å². The van der Waals surface area contributed by atoms with Crippen LogP contribution in [-0.4, -0.2) is 67.5 Å². The van der Waals surface area contributed by atoms with Crippen LogP contribution in [0.25, 0.3) is 5.82 Å². The van der Waals surface area contributed by atoms with Gasteiger partial charge in [-0.05, 0) is 17.9 Å². The van der Waals surface area contributed by atoms with E-state index in [4.69, 9.17) is 0 Å². The molecule has 0 unspecified atom stereocenters. The van der Waals surface area contributed by atoms with Gasteiger partial charge in [-0.3, -0.25) is 4.79 Å². The number of carbonyl (C=O) groups excluding carboxylic acids is 1. The molecule has 1 aromatic carbocycles. The highest BCUT2D eigenvalue weighted by molar-refractivity contribution is 7.99. The van der Waals surface area contributed by atoms with Gasteiger partial charge in [0.25, 0.3) is 5.91 Å². The number of rotatable bonds is 5. The monoisotopic (exact) mass is 395 g/mol. The summed E-state index contributed by atoms with van der Waals surface area (Å²) >= 11 is 1.70. The SMILES string of the molecule is CCSc1ccccc1C(=O)N1CCN(c2cc(-n3cncn3)ncn2)CC1. The van der Waals surface area contributed by atoms with Gasteiger partial charge >= 0.3 is 0 Å². The predicted molar refractivity (Wildman–Crippen MR) is 108 cm³/mol. The highest BCUT2D eigenvalue weighted by atomic mass is 32.2. The minimum atomic E-state index is 0.0993. The number of carbonyl (C=O) groups is 1. The van der Waals surface area contributed by atoms with Gasteiger partial charge in [0, 0.05) is 37.1 Å². The molecule has 8 nitrogen and oxygen atoms in total. The molecular formula is C19H21N7OS. The van der Waals surface area contributed by atoms with E-state index in [1.807, 2.05) is 35.2 Å². The fourth-order valence-corrected chi connectivity index (χ4v) is 3.99. The van der Waals surface area contributed by atoms with E-state index in [1.54, 1.807) is 22.8 Å². The van der Waals surface area contributed by atoms with Gasteiger partial charge < -0.3 is 9.80 Å². The maximum absolute atomic E-state index is 13.0. The molecule has 1 saturated heterocycles. The zero-order valence-electron chi connectivity index (χ0n) is 15.6. The van der Waals surface area contributed by atoms with Crippen LogP contribution in [-0.2, 0) is 0 Å². The van der Waals surface area contributed by atoms with E-state index >= 15 is 0 Å². The molecule has 3 heterocycles. The van der Waals surface area contributed by atoms with E-state index in [9.17, 15) is 4.79 Å². The molecule has 3 aromatic rings. The van der Waals surface area contributed by atoms with Gasteiger partial charge in [0.05, 0.1) is 5.56 Å². The highest BCUT2D eigenvalue weighted by Gasteiger charge is 2.24. The van der Waals surface area contributed by atoms with Crippen LogP contribution in [0.3, 0.4) is 0 Å². The number of nitrogens with zero attached hydrogens (tertiary/aromatic N) is 7. The minimum Gasteiger partial charge on any atom is -0.353 e. The Bertz CT molecular complexity index is 939. The summed E-state index contributed by atoms with van der Waals surface area (Å²) in [5.74, 6) is 2.54. The van der Waals surface area contributed by atoms with Gasteiger partial charge in [-0.2, -0.15) is 5.10 Å². The minimum absolute atomic E-state index is 0.0993. The third-order valence-electron chi connectivity index (χ3n) is 4.60. The molecule has 4 rings (SSSR count). The molecule has 0 saturated carbocycles. The van der Waals surface area contributed by atoms with Crippen LogP contribution < -0.4 is 4.90 Å². The fourth-order valence-electron chi connectivity index (χ4n) is 3.20. The average Bonchev–Trinajstić information content (AvgIpc) is 3.29. The Morgan fingerprint density at radius 3 is 2.61 bits per heavy atom. The standard InChI is InChI=1S/C19H21N7OS/c1-2-28-16-6-4-3-5-15(16)19(27)25-9-7-24(8-10-25)17-11-18(22-13-21-17)26-14-20-12-23-26/h3-6,11-14H,2,7-10H2,1H3. The lowest BCUT2D eigenvalue weighted by molar-refractivity contribution is 0.0743. The number of aromatic nitrogens is 5. The molecule has 9 heteroatoms. The molecule has 1 fully saturated rings. The average molecular weight is 395 g/mol. The maximum atomic E-state index is 13.0. The second kappa shape index (κ2) is 8.39. The van der Waals surface area contributed by atoms with Crippen LogP contribution in [0.5, 0.6) is 0 Å².